The molecular weight excluding hydrogens is 448 g/mol. The molecule has 0 radical (unpaired) electrons. The minimum Gasteiger partial charge on any atom is -0.504 e. The number of aromatic nitrogens is 2. The Kier molecular flexibility index (Phi) is 6.14. The van der Waals surface area contributed by atoms with Crippen LogP contribution in [-0.2, 0) is 6.54 Å². The fourth-order valence-corrected chi connectivity index (χ4v) is 3.58. The second kappa shape index (κ2) is 9.17. The molecule has 0 fully saturated rings. The van der Waals surface area contributed by atoms with Gasteiger partial charge in [0.05, 0.1) is 26.3 Å². The van der Waals surface area contributed by atoms with E-state index in [2.05, 4.69) is 15.7 Å². The number of hydrogen-bond acceptors (Lipinski definition) is 6. The summed E-state index contributed by atoms with van der Waals surface area (Å²) in [6.45, 7) is 0.212. The molecule has 9 nitrogen and oxygen atoms in total. The van der Waals surface area contributed by atoms with Crippen LogP contribution in [0.2, 0.25) is 5.02 Å². The number of methoxy groups -OCH3 is 2. The Labute approximate surface area is 194 Å². The van der Waals surface area contributed by atoms with E-state index in [9.17, 15) is 15.0 Å². The highest BCUT2D eigenvalue weighted by Gasteiger charge is 2.16. The zero-order valence-corrected chi connectivity index (χ0v) is 18.6. The molecule has 0 spiro atoms. The molecule has 4 aromatic rings. The van der Waals surface area contributed by atoms with Crippen LogP contribution in [0, 0.1) is 0 Å². The first-order chi connectivity index (χ1) is 15.9. The predicted octanol–water partition coefficient (Wildman–Crippen LogP) is 4.81. The van der Waals surface area contributed by atoms with E-state index < -0.39 is 6.03 Å². The Morgan fingerprint density at radius 1 is 1.00 bits per heavy atom. The molecule has 1 aromatic heterocycles. The maximum atomic E-state index is 12.7. The van der Waals surface area contributed by atoms with E-state index in [0.717, 1.165) is 10.9 Å². The number of urea groups is 1. The Hall–Kier alpha value is -4.11. The molecule has 2 amide bonds. The zero-order chi connectivity index (χ0) is 23.5. The molecule has 1 heterocycles. The van der Waals surface area contributed by atoms with Gasteiger partial charge in [-0.3, -0.25) is 10.00 Å². The van der Waals surface area contributed by atoms with Gasteiger partial charge in [0.2, 0.25) is 0 Å². The van der Waals surface area contributed by atoms with Gasteiger partial charge in [0, 0.05) is 40.4 Å². The summed E-state index contributed by atoms with van der Waals surface area (Å²) in [5.74, 6) is 0.832. The number of aromatic hydroxyl groups is 2. The van der Waals surface area contributed by atoms with Gasteiger partial charge in [-0.1, -0.05) is 23.7 Å². The van der Waals surface area contributed by atoms with Crippen molar-refractivity contribution in [3.63, 3.8) is 0 Å². The van der Waals surface area contributed by atoms with Crippen molar-refractivity contribution in [3.8, 4) is 23.0 Å². The van der Waals surface area contributed by atoms with Crippen molar-refractivity contribution in [1.82, 2.24) is 9.78 Å². The third-order valence-corrected chi connectivity index (χ3v) is 5.31. The number of nitrogens with one attached hydrogen (secondary N) is 2. The maximum Gasteiger partial charge on any atom is 0.324 e. The molecule has 3 aromatic carbocycles. The van der Waals surface area contributed by atoms with Gasteiger partial charge in [-0.25, -0.2) is 4.79 Å². The van der Waals surface area contributed by atoms with Crippen LogP contribution in [0.3, 0.4) is 0 Å². The highest BCUT2D eigenvalue weighted by molar-refractivity contribution is 6.31. The highest BCUT2D eigenvalue weighted by Crippen LogP contribution is 2.33. The molecule has 0 bridgehead atoms. The van der Waals surface area contributed by atoms with E-state index >= 15 is 0 Å². The lowest BCUT2D eigenvalue weighted by Gasteiger charge is -2.10. The van der Waals surface area contributed by atoms with Gasteiger partial charge in [-0.15, -0.1) is 0 Å². The molecule has 0 aliphatic rings. The van der Waals surface area contributed by atoms with Crippen LogP contribution < -0.4 is 20.1 Å². The summed E-state index contributed by atoms with van der Waals surface area (Å²) in [7, 11) is 3.05. The summed E-state index contributed by atoms with van der Waals surface area (Å²) >= 11 is 6.22. The largest absolute Gasteiger partial charge is 0.504 e. The Morgan fingerprint density at radius 2 is 1.67 bits per heavy atom. The Bertz CT molecular complexity index is 1320. The molecule has 0 aliphatic carbocycles. The van der Waals surface area contributed by atoms with Crippen molar-refractivity contribution in [3.05, 3.63) is 65.2 Å². The Balaban J connectivity index is 1.60. The van der Waals surface area contributed by atoms with Gasteiger partial charge in [-0.05, 0) is 23.8 Å². The van der Waals surface area contributed by atoms with Crippen LogP contribution in [-0.4, -0.2) is 40.2 Å². The molecule has 170 valence electrons. The molecule has 4 rings (SSSR count). The molecule has 10 heteroatoms. The van der Waals surface area contributed by atoms with E-state index in [4.69, 9.17) is 21.1 Å². The average molecular weight is 469 g/mol. The molecule has 0 saturated heterocycles. The summed E-state index contributed by atoms with van der Waals surface area (Å²) in [4.78, 5) is 12.7. The van der Waals surface area contributed by atoms with Crippen LogP contribution in [0.5, 0.6) is 23.0 Å². The van der Waals surface area contributed by atoms with Crippen molar-refractivity contribution in [2.75, 3.05) is 24.9 Å². The Morgan fingerprint density at radius 3 is 2.36 bits per heavy atom. The van der Waals surface area contributed by atoms with Crippen molar-refractivity contribution >= 4 is 40.0 Å². The standard InChI is InChI=1S/C23H21ClN4O5/c1-32-15-8-14(9-16(10-15)33-2)25-23(31)26-22-17-5-3-4-6-19(17)28(27-22)12-13-7-20(29)21(30)11-18(13)24/h3-11,29-30H,12H2,1-2H3,(H2,25,26,27,31). The second-order valence-corrected chi connectivity index (χ2v) is 7.54. The summed E-state index contributed by atoms with van der Waals surface area (Å²) < 4.78 is 12.1. The van der Waals surface area contributed by atoms with Crippen LogP contribution in [0.25, 0.3) is 10.9 Å². The van der Waals surface area contributed by atoms with Crippen LogP contribution >= 0.6 is 11.6 Å². The van der Waals surface area contributed by atoms with Crippen molar-refractivity contribution in [1.29, 1.82) is 0 Å². The van der Waals surface area contributed by atoms with Crippen LogP contribution in [0.1, 0.15) is 5.56 Å². The number of hydrogen-bond donors (Lipinski definition) is 4. The number of nitrogens with zero attached hydrogens (tertiary/aromatic N) is 2. The molecule has 4 N–H and O–H groups in total. The molecule has 0 atom stereocenters. The number of anilines is 2. The molecule has 33 heavy (non-hydrogen) atoms. The summed E-state index contributed by atoms with van der Waals surface area (Å²) in [5.41, 5.74) is 1.79. The van der Waals surface area contributed by atoms with Crippen molar-refractivity contribution in [2.24, 2.45) is 0 Å². The first kappa shape index (κ1) is 22.1. The zero-order valence-electron chi connectivity index (χ0n) is 17.8. The van der Waals surface area contributed by atoms with Gasteiger partial charge >= 0.3 is 6.03 Å². The minimum absolute atomic E-state index is 0.212. The second-order valence-electron chi connectivity index (χ2n) is 7.14. The average Bonchev–Trinajstić information content (AvgIpc) is 3.14. The summed E-state index contributed by atoms with van der Waals surface area (Å²) in [6.07, 6.45) is 0. The molecular formula is C23H21ClN4O5. The quantitative estimate of drug-likeness (QED) is 0.302. The third kappa shape index (κ3) is 4.73. The number of ether oxygens (including phenoxy) is 2. The highest BCUT2D eigenvalue weighted by atomic mass is 35.5. The number of rotatable bonds is 6. The third-order valence-electron chi connectivity index (χ3n) is 4.96. The van der Waals surface area contributed by atoms with Gasteiger partial charge in [0.25, 0.3) is 0 Å². The van der Waals surface area contributed by atoms with Gasteiger partial charge in [-0.2, -0.15) is 5.10 Å². The van der Waals surface area contributed by atoms with Gasteiger partial charge < -0.3 is 25.0 Å². The summed E-state index contributed by atoms with van der Waals surface area (Å²) in [6, 6.07) is 14.6. The van der Waals surface area contributed by atoms with E-state index in [0.29, 0.717) is 28.6 Å². The number of phenols is 2. The van der Waals surface area contributed by atoms with Gasteiger partial charge in [0.1, 0.15) is 11.5 Å². The van der Waals surface area contributed by atoms with Gasteiger partial charge in [0.15, 0.2) is 17.3 Å². The number of carbonyl (C=O) groups excluding carboxylic acids is 1. The SMILES string of the molecule is COc1cc(NC(=O)Nc2nn(Cc3cc(O)c(O)cc3Cl)c3ccccc23)cc(OC)c1. The minimum atomic E-state index is -0.499. The first-order valence-electron chi connectivity index (χ1n) is 9.85. The van der Waals surface area contributed by atoms with E-state index in [1.807, 2.05) is 24.3 Å². The fourth-order valence-electron chi connectivity index (χ4n) is 3.37. The van der Waals surface area contributed by atoms with Crippen molar-refractivity contribution < 1.29 is 24.5 Å². The molecule has 0 unspecified atom stereocenters. The number of fused-ring (bicyclic) bond motifs is 1. The maximum absolute atomic E-state index is 12.7. The number of halogens is 1. The number of para-hydroxylation sites is 1. The number of amides is 2. The number of phenolic OH excluding ortho intramolecular Hbond substituents is 2. The first-order valence-corrected chi connectivity index (χ1v) is 10.2. The van der Waals surface area contributed by atoms with E-state index in [1.165, 1.54) is 26.4 Å². The van der Waals surface area contributed by atoms with Crippen LogP contribution in [0.15, 0.2) is 54.6 Å². The van der Waals surface area contributed by atoms with E-state index in [1.54, 1.807) is 22.9 Å². The topological polar surface area (TPSA) is 118 Å². The fraction of sp³-hybridized carbons (Fsp3) is 0.130. The normalized spacial score (nSPS) is 10.8. The number of benzene rings is 3. The van der Waals surface area contributed by atoms with Crippen molar-refractivity contribution in [2.45, 2.75) is 6.54 Å². The lowest BCUT2D eigenvalue weighted by Crippen LogP contribution is -2.20. The lowest BCUT2D eigenvalue weighted by atomic mass is 10.2. The molecule has 0 aliphatic heterocycles. The monoisotopic (exact) mass is 468 g/mol. The van der Waals surface area contributed by atoms with Crippen LogP contribution in [0.4, 0.5) is 16.3 Å². The molecule has 0 saturated carbocycles. The smallest absolute Gasteiger partial charge is 0.324 e. The van der Waals surface area contributed by atoms with E-state index in [-0.39, 0.29) is 23.1 Å². The number of carbonyl (C=O) groups is 1. The predicted molar refractivity (Wildman–Crippen MR) is 126 cm³/mol. The lowest BCUT2D eigenvalue weighted by molar-refractivity contribution is 0.262. The summed E-state index contributed by atoms with van der Waals surface area (Å²) in [5, 5.41) is 30.5.